The Morgan fingerprint density at radius 3 is 2.74 bits per heavy atom. The van der Waals surface area contributed by atoms with E-state index >= 15 is 0 Å². The van der Waals surface area contributed by atoms with Gasteiger partial charge in [-0.2, -0.15) is 10.1 Å². The van der Waals surface area contributed by atoms with Gasteiger partial charge in [0.1, 0.15) is 12.6 Å². The van der Waals surface area contributed by atoms with E-state index in [9.17, 15) is 14.3 Å². The van der Waals surface area contributed by atoms with E-state index in [4.69, 9.17) is 16.3 Å². The number of nitrogens with one attached hydrogen (secondary N) is 1. The number of benzene rings is 1. The number of aliphatic hydroxyl groups excluding tert-OH is 1. The normalized spacial score (nSPS) is 18.0. The maximum absolute atomic E-state index is 14.4. The van der Waals surface area contributed by atoms with Crippen LogP contribution >= 0.6 is 11.6 Å². The lowest BCUT2D eigenvalue weighted by atomic mass is 10.2. The van der Waals surface area contributed by atoms with Gasteiger partial charge in [0.15, 0.2) is 11.6 Å². The molecular formula is C20H20ClFN6O3. The number of cyclic esters (lactones) is 1. The number of amides is 1. The van der Waals surface area contributed by atoms with Gasteiger partial charge in [0.25, 0.3) is 0 Å². The van der Waals surface area contributed by atoms with E-state index in [1.165, 1.54) is 6.92 Å². The summed E-state index contributed by atoms with van der Waals surface area (Å²) >= 11 is 5.92. The quantitative estimate of drug-likeness (QED) is 0.598. The molecule has 0 bridgehead atoms. The van der Waals surface area contributed by atoms with E-state index in [-0.39, 0.29) is 24.4 Å². The van der Waals surface area contributed by atoms with Crippen molar-refractivity contribution in [1.82, 2.24) is 19.7 Å². The Balaban J connectivity index is 1.54. The van der Waals surface area contributed by atoms with Crippen LogP contribution in [0.5, 0.6) is 0 Å². The molecule has 0 radical (unpaired) electrons. The summed E-state index contributed by atoms with van der Waals surface area (Å²) in [7, 11) is 0. The molecule has 3 heterocycles. The number of anilines is 2. The molecule has 2 aromatic heterocycles. The highest BCUT2D eigenvalue weighted by atomic mass is 35.5. The zero-order valence-electron chi connectivity index (χ0n) is 16.7. The smallest absolute Gasteiger partial charge is 0.416 e. The first-order valence-electron chi connectivity index (χ1n) is 9.58. The van der Waals surface area contributed by atoms with Crippen LogP contribution in [0.1, 0.15) is 25.6 Å². The van der Waals surface area contributed by atoms with Crippen molar-refractivity contribution in [3.63, 3.8) is 0 Å². The van der Waals surface area contributed by atoms with Gasteiger partial charge < -0.3 is 15.2 Å². The molecule has 1 aliphatic rings. The number of hydrogen-bond acceptors (Lipinski definition) is 7. The van der Waals surface area contributed by atoms with E-state index < -0.39 is 24.1 Å². The molecule has 3 aromatic rings. The number of aromatic nitrogens is 4. The zero-order valence-corrected chi connectivity index (χ0v) is 17.5. The molecule has 1 saturated heterocycles. The largest absolute Gasteiger partial charge is 0.447 e. The second-order valence-corrected chi connectivity index (χ2v) is 7.58. The Hall–Kier alpha value is -3.24. The average Bonchev–Trinajstić information content (AvgIpc) is 3.37. The van der Waals surface area contributed by atoms with Crippen molar-refractivity contribution in [2.45, 2.75) is 32.0 Å². The summed E-state index contributed by atoms with van der Waals surface area (Å²) in [6, 6.07) is 8.02. The van der Waals surface area contributed by atoms with Crippen LogP contribution in [0.15, 0.2) is 42.7 Å². The summed E-state index contributed by atoms with van der Waals surface area (Å²) in [5.41, 5.74) is 1.55. The molecule has 1 aliphatic heterocycles. The minimum Gasteiger partial charge on any atom is -0.447 e. The standard InChI is InChI=1S/C20H20ClFN6O3/c1-11(16-7-8-27(26-16)14-5-3-13(21)4-6-14)24-19-23-9-15(22)18(25-19)28-17(12(2)29)10-31-20(28)30/h3-9,11-12,17,29H,10H2,1-2H3,(H,23,24,25)/t11-,12+,17?/m0/s1. The molecule has 9 nitrogen and oxygen atoms in total. The molecule has 2 N–H and O–H groups in total. The molecular weight excluding hydrogens is 427 g/mol. The number of ether oxygens (including phenoxy) is 1. The molecule has 3 atom stereocenters. The highest BCUT2D eigenvalue weighted by molar-refractivity contribution is 6.30. The number of carbonyl (C=O) groups is 1. The third kappa shape index (κ3) is 4.30. The van der Waals surface area contributed by atoms with Crippen molar-refractivity contribution in [3.05, 3.63) is 59.3 Å². The van der Waals surface area contributed by atoms with Crippen molar-refractivity contribution < 1.29 is 19.0 Å². The van der Waals surface area contributed by atoms with E-state index in [2.05, 4.69) is 20.4 Å². The van der Waals surface area contributed by atoms with E-state index in [0.717, 1.165) is 16.8 Å². The fourth-order valence-electron chi connectivity index (χ4n) is 3.21. The van der Waals surface area contributed by atoms with Crippen molar-refractivity contribution in [1.29, 1.82) is 0 Å². The summed E-state index contributed by atoms with van der Waals surface area (Å²) < 4.78 is 21.1. The van der Waals surface area contributed by atoms with Gasteiger partial charge in [0, 0.05) is 11.2 Å². The van der Waals surface area contributed by atoms with Crippen molar-refractivity contribution in [2.24, 2.45) is 0 Å². The Bertz CT molecular complexity index is 1090. The maximum Gasteiger partial charge on any atom is 0.416 e. The molecule has 11 heteroatoms. The van der Waals surface area contributed by atoms with Gasteiger partial charge in [0.05, 0.1) is 29.7 Å². The molecule has 31 heavy (non-hydrogen) atoms. The first kappa shape index (κ1) is 21.0. The van der Waals surface area contributed by atoms with Crippen molar-refractivity contribution in [2.75, 3.05) is 16.8 Å². The van der Waals surface area contributed by atoms with Gasteiger partial charge in [0.2, 0.25) is 5.95 Å². The zero-order chi connectivity index (χ0) is 22.1. The summed E-state index contributed by atoms with van der Waals surface area (Å²) in [6.07, 6.45) is 1.08. The number of aliphatic hydroxyl groups is 1. The van der Waals surface area contributed by atoms with Crippen LogP contribution in [-0.2, 0) is 4.74 Å². The van der Waals surface area contributed by atoms with Crippen molar-refractivity contribution >= 4 is 29.5 Å². The van der Waals surface area contributed by atoms with Gasteiger partial charge in [-0.25, -0.2) is 23.8 Å². The molecule has 0 saturated carbocycles. The second kappa shape index (κ2) is 8.48. The Morgan fingerprint density at radius 2 is 2.03 bits per heavy atom. The fraction of sp³-hybridized carbons (Fsp3) is 0.300. The number of carbonyl (C=O) groups excluding carboxylic acids is 1. The highest BCUT2D eigenvalue weighted by Gasteiger charge is 2.39. The van der Waals surface area contributed by atoms with Gasteiger partial charge in [-0.15, -0.1) is 0 Å². The number of halogens is 2. The monoisotopic (exact) mass is 446 g/mol. The lowest BCUT2D eigenvalue weighted by Crippen LogP contribution is -2.42. The fourth-order valence-corrected chi connectivity index (χ4v) is 3.33. The van der Waals surface area contributed by atoms with Crippen LogP contribution in [0, 0.1) is 5.82 Å². The van der Waals surface area contributed by atoms with Crippen molar-refractivity contribution in [3.8, 4) is 5.69 Å². The summed E-state index contributed by atoms with van der Waals surface area (Å²) in [5.74, 6) is -0.950. The van der Waals surface area contributed by atoms with Crippen LogP contribution < -0.4 is 10.2 Å². The van der Waals surface area contributed by atoms with E-state index in [1.807, 2.05) is 25.1 Å². The third-order valence-corrected chi connectivity index (χ3v) is 5.16. The molecule has 1 aromatic carbocycles. The van der Waals surface area contributed by atoms with Gasteiger partial charge in [-0.1, -0.05) is 11.6 Å². The topological polar surface area (TPSA) is 105 Å². The summed E-state index contributed by atoms with van der Waals surface area (Å²) in [5, 5.41) is 18.1. The van der Waals surface area contributed by atoms with Gasteiger partial charge >= 0.3 is 6.09 Å². The van der Waals surface area contributed by atoms with E-state index in [0.29, 0.717) is 10.7 Å². The van der Waals surface area contributed by atoms with Crippen LogP contribution in [0.25, 0.3) is 5.69 Å². The molecule has 0 spiro atoms. The van der Waals surface area contributed by atoms with Crippen LogP contribution in [-0.4, -0.2) is 49.7 Å². The predicted octanol–water partition coefficient (Wildman–Crippen LogP) is 3.33. The number of hydrogen-bond donors (Lipinski definition) is 2. The minimum absolute atomic E-state index is 0.0543. The second-order valence-electron chi connectivity index (χ2n) is 7.15. The average molecular weight is 447 g/mol. The highest BCUT2D eigenvalue weighted by Crippen LogP contribution is 2.27. The number of rotatable bonds is 6. The minimum atomic E-state index is -0.923. The third-order valence-electron chi connectivity index (χ3n) is 4.91. The predicted molar refractivity (Wildman–Crippen MR) is 112 cm³/mol. The Labute approximate surface area is 182 Å². The maximum atomic E-state index is 14.4. The molecule has 4 rings (SSSR count). The van der Waals surface area contributed by atoms with E-state index in [1.54, 1.807) is 23.0 Å². The van der Waals surface area contributed by atoms with Gasteiger partial charge in [-0.3, -0.25) is 0 Å². The van der Waals surface area contributed by atoms with Crippen LogP contribution in [0.4, 0.5) is 21.0 Å². The first-order valence-corrected chi connectivity index (χ1v) is 9.96. The van der Waals surface area contributed by atoms with Gasteiger partial charge in [-0.05, 0) is 44.2 Å². The molecule has 1 amide bonds. The molecule has 1 unspecified atom stereocenters. The Kier molecular flexibility index (Phi) is 5.75. The lowest BCUT2D eigenvalue weighted by Gasteiger charge is -2.23. The van der Waals surface area contributed by atoms with Crippen LogP contribution in [0.3, 0.4) is 0 Å². The summed E-state index contributed by atoms with van der Waals surface area (Å²) in [4.78, 5) is 21.2. The lowest BCUT2D eigenvalue weighted by molar-refractivity contribution is 0.142. The summed E-state index contributed by atoms with van der Waals surface area (Å²) in [6.45, 7) is 3.29. The SMILES string of the molecule is C[C@H](Nc1ncc(F)c(N2C(=O)OCC2[C@@H](C)O)n1)c1ccn(-c2ccc(Cl)cc2)n1. The molecule has 0 aliphatic carbocycles. The van der Waals surface area contributed by atoms with Crippen LogP contribution in [0.2, 0.25) is 5.02 Å². The molecule has 1 fully saturated rings. The first-order chi connectivity index (χ1) is 14.8. The molecule has 162 valence electrons. The Morgan fingerprint density at radius 1 is 1.29 bits per heavy atom. The number of nitrogens with zero attached hydrogens (tertiary/aromatic N) is 5.